The topological polar surface area (TPSA) is 16.4 Å². The fraction of sp³-hybridized carbons (Fsp3) is 0.0545. The van der Waals surface area contributed by atoms with Crippen molar-refractivity contribution in [2.75, 3.05) is 4.90 Å². The van der Waals surface area contributed by atoms with Crippen LogP contribution in [-0.4, -0.2) is 0 Å². The van der Waals surface area contributed by atoms with E-state index in [0.717, 1.165) is 50.1 Å². The van der Waals surface area contributed by atoms with Gasteiger partial charge < -0.3 is 9.32 Å². The summed E-state index contributed by atoms with van der Waals surface area (Å²) in [4.78, 5) is 2.47. The first-order valence-corrected chi connectivity index (χ1v) is 19.8. The lowest BCUT2D eigenvalue weighted by Gasteiger charge is -2.30. The fourth-order valence-corrected chi connectivity index (χ4v) is 9.88. The van der Waals surface area contributed by atoms with E-state index >= 15 is 0 Å². The third-order valence-electron chi connectivity index (χ3n) is 12.6. The Bertz CT molecular complexity index is 3420. The number of anilines is 3. The van der Waals surface area contributed by atoms with Crippen LogP contribution in [0.25, 0.3) is 87.3 Å². The van der Waals surface area contributed by atoms with Gasteiger partial charge in [0, 0.05) is 33.1 Å². The van der Waals surface area contributed by atoms with Gasteiger partial charge in [-0.25, -0.2) is 0 Å². The van der Waals surface area contributed by atoms with E-state index < -0.39 is 0 Å². The first-order valence-electron chi connectivity index (χ1n) is 19.8. The van der Waals surface area contributed by atoms with Gasteiger partial charge >= 0.3 is 0 Å². The molecule has 11 aromatic rings. The van der Waals surface area contributed by atoms with E-state index in [-0.39, 0.29) is 5.41 Å². The Morgan fingerprint density at radius 1 is 0.404 bits per heavy atom. The molecule has 1 aliphatic rings. The molecule has 268 valence electrons. The average molecular weight is 728 g/mol. The summed E-state index contributed by atoms with van der Waals surface area (Å²) in [5, 5.41) is 12.2. The normalized spacial score (nSPS) is 13.2. The largest absolute Gasteiger partial charge is 0.455 e. The van der Waals surface area contributed by atoms with Gasteiger partial charge in [-0.3, -0.25) is 0 Å². The first kappa shape index (κ1) is 32.1. The van der Waals surface area contributed by atoms with Gasteiger partial charge in [0.1, 0.15) is 11.2 Å². The number of hydrogen-bond donors (Lipinski definition) is 0. The highest BCUT2D eigenvalue weighted by Gasteiger charge is 2.36. The first-order chi connectivity index (χ1) is 28.0. The van der Waals surface area contributed by atoms with Gasteiger partial charge in [-0.15, -0.1) is 0 Å². The molecule has 0 N–H and O–H groups in total. The van der Waals surface area contributed by atoms with E-state index in [1.807, 2.05) is 0 Å². The molecule has 57 heavy (non-hydrogen) atoms. The maximum atomic E-state index is 6.91. The van der Waals surface area contributed by atoms with Gasteiger partial charge in [-0.05, 0) is 119 Å². The van der Waals surface area contributed by atoms with E-state index in [9.17, 15) is 0 Å². The third-order valence-corrected chi connectivity index (χ3v) is 12.6. The van der Waals surface area contributed by atoms with Gasteiger partial charge in [0.25, 0.3) is 0 Å². The quantitative estimate of drug-likeness (QED) is 0.168. The monoisotopic (exact) mass is 727 g/mol. The van der Waals surface area contributed by atoms with Gasteiger partial charge in [-0.1, -0.05) is 153 Å². The summed E-state index contributed by atoms with van der Waals surface area (Å²) < 4.78 is 6.91. The second kappa shape index (κ2) is 11.9. The molecule has 0 fully saturated rings. The molecule has 12 rings (SSSR count). The van der Waals surface area contributed by atoms with Gasteiger partial charge in [0.05, 0.1) is 5.69 Å². The Morgan fingerprint density at radius 2 is 0.982 bits per heavy atom. The van der Waals surface area contributed by atoms with Crippen molar-refractivity contribution in [1.82, 2.24) is 0 Å². The van der Waals surface area contributed by atoms with Crippen LogP contribution in [0.4, 0.5) is 17.1 Å². The molecule has 2 heteroatoms. The van der Waals surface area contributed by atoms with Crippen LogP contribution in [0.1, 0.15) is 25.0 Å². The average Bonchev–Trinajstić information content (AvgIpc) is 3.75. The van der Waals surface area contributed by atoms with E-state index in [0.29, 0.717) is 0 Å². The van der Waals surface area contributed by atoms with Crippen molar-refractivity contribution in [3.05, 3.63) is 199 Å². The molecular formula is C55H37NO. The van der Waals surface area contributed by atoms with Crippen molar-refractivity contribution in [3.63, 3.8) is 0 Å². The second-order valence-electron chi connectivity index (χ2n) is 16.1. The lowest BCUT2D eigenvalue weighted by molar-refractivity contribution is 0.660. The Morgan fingerprint density at radius 3 is 1.77 bits per heavy atom. The molecule has 2 nitrogen and oxygen atoms in total. The highest BCUT2D eigenvalue weighted by Crippen LogP contribution is 2.53. The molecule has 0 amide bonds. The van der Waals surface area contributed by atoms with Crippen LogP contribution in [0.15, 0.2) is 192 Å². The van der Waals surface area contributed by atoms with Crippen molar-refractivity contribution in [2.45, 2.75) is 19.3 Å². The molecule has 0 spiro atoms. The Kier molecular flexibility index (Phi) is 6.72. The standard InChI is InChI=1S/C55H37NO/c1-55(2)49-21-11-9-19-44(49)45-28-26-38(33-50(45)55)56(37-25-27-43-41-17-6-5-15-39(41)40-16-7-8-18-42(40)48(43)32-37)51-30-29-47-46-20-10-12-22-52(46)57-54(47)53(51)36-24-23-34-13-3-4-14-35(34)31-36/h3-33H,1-2H3. The minimum atomic E-state index is -0.157. The summed E-state index contributed by atoms with van der Waals surface area (Å²) in [6.45, 7) is 4.72. The SMILES string of the molecule is CC1(C)c2ccccc2-c2ccc(N(c3ccc4c5ccccc5c5ccccc5c4c3)c3ccc4c(oc5ccccc54)c3-c3ccc4ccccc4c3)cc21. The molecule has 0 bridgehead atoms. The molecular weight excluding hydrogens is 691 g/mol. The zero-order valence-electron chi connectivity index (χ0n) is 31.8. The van der Waals surface area contributed by atoms with Crippen LogP contribution >= 0.6 is 0 Å². The highest BCUT2D eigenvalue weighted by atomic mass is 16.3. The minimum Gasteiger partial charge on any atom is -0.455 e. The van der Waals surface area contributed by atoms with Crippen molar-refractivity contribution in [3.8, 4) is 22.3 Å². The van der Waals surface area contributed by atoms with Crippen molar-refractivity contribution >= 4 is 82.1 Å². The minimum absolute atomic E-state index is 0.157. The van der Waals surface area contributed by atoms with Gasteiger partial charge in [0.15, 0.2) is 0 Å². The van der Waals surface area contributed by atoms with Crippen LogP contribution in [0.5, 0.6) is 0 Å². The number of fused-ring (bicyclic) bond motifs is 13. The summed E-state index contributed by atoms with van der Waals surface area (Å²) in [5.74, 6) is 0. The lowest BCUT2D eigenvalue weighted by Crippen LogP contribution is -2.17. The molecule has 0 aliphatic heterocycles. The number of hydrogen-bond acceptors (Lipinski definition) is 2. The van der Waals surface area contributed by atoms with E-state index in [4.69, 9.17) is 4.42 Å². The number of furan rings is 1. The molecule has 0 unspecified atom stereocenters. The second-order valence-corrected chi connectivity index (χ2v) is 16.1. The van der Waals surface area contributed by atoms with Crippen molar-refractivity contribution < 1.29 is 4.42 Å². The molecule has 1 heterocycles. The van der Waals surface area contributed by atoms with Crippen LogP contribution in [0.2, 0.25) is 0 Å². The van der Waals surface area contributed by atoms with E-state index in [2.05, 4.69) is 207 Å². The maximum absolute atomic E-state index is 6.91. The van der Waals surface area contributed by atoms with Gasteiger partial charge in [0.2, 0.25) is 0 Å². The van der Waals surface area contributed by atoms with E-state index in [1.54, 1.807) is 0 Å². The van der Waals surface area contributed by atoms with Crippen LogP contribution in [0.3, 0.4) is 0 Å². The third kappa shape index (κ3) is 4.65. The number of rotatable bonds is 4. The molecule has 1 aromatic heterocycles. The molecule has 1 aliphatic carbocycles. The van der Waals surface area contributed by atoms with Crippen LogP contribution < -0.4 is 4.90 Å². The number of nitrogens with zero attached hydrogens (tertiary/aromatic N) is 1. The molecule has 0 atom stereocenters. The van der Waals surface area contributed by atoms with Crippen LogP contribution in [0, 0.1) is 0 Å². The van der Waals surface area contributed by atoms with E-state index in [1.165, 1.54) is 65.3 Å². The van der Waals surface area contributed by atoms with Gasteiger partial charge in [-0.2, -0.15) is 0 Å². The maximum Gasteiger partial charge on any atom is 0.145 e. The Labute approximate surface area is 330 Å². The summed E-state index contributed by atoms with van der Waals surface area (Å²) >= 11 is 0. The van der Waals surface area contributed by atoms with Crippen molar-refractivity contribution in [1.29, 1.82) is 0 Å². The highest BCUT2D eigenvalue weighted by molar-refractivity contribution is 6.26. The predicted octanol–water partition coefficient (Wildman–Crippen LogP) is 15.6. The summed E-state index contributed by atoms with van der Waals surface area (Å²) in [6, 6.07) is 69.1. The number of para-hydroxylation sites is 1. The summed E-state index contributed by atoms with van der Waals surface area (Å²) in [5.41, 5.74) is 12.4. The smallest absolute Gasteiger partial charge is 0.145 e. The fourth-order valence-electron chi connectivity index (χ4n) is 9.88. The zero-order valence-corrected chi connectivity index (χ0v) is 31.8. The Balaban J connectivity index is 1.19. The predicted molar refractivity (Wildman–Crippen MR) is 241 cm³/mol. The Hall–Kier alpha value is -7.16. The molecule has 10 aromatic carbocycles. The molecule has 0 saturated carbocycles. The molecule has 0 radical (unpaired) electrons. The van der Waals surface area contributed by atoms with Crippen molar-refractivity contribution in [2.24, 2.45) is 0 Å². The summed E-state index contributed by atoms with van der Waals surface area (Å²) in [7, 11) is 0. The lowest BCUT2D eigenvalue weighted by atomic mass is 9.82. The number of benzene rings is 10. The van der Waals surface area contributed by atoms with Crippen LogP contribution in [-0.2, 0) is 5.41 Å². The summed E-state index contributed by atoms with van der Waals surface area (Å²) in [6.07, 6.45) is 0. The molecule has 0 saturated heterocycles. The zero-order chi connectivity index (χ0) is 37.8.